The second-order valence-corrected chi connectivity index (χ2v) is 12.2. The van der Waals surface area contributed by atoms with Crippen LogP contribution in [0.1, 0.15) is 55.4 Å². The maximum absolute atomic E-state index is 14.1. The summed E-state index contributed by atoms with van der Waals surface area (Å²) in [5.74, 6) is -1.26. The van der Waals surface area contributed by atoms with Gasteiger partial charge < -0.3 is 10.2 Å². The number of hydrogen-bond donors (Lipinski definition) is 1. The van der Waals surface area contributed by atoms with Gasteiger partial charge >= 0.3 is 0 Å². The molecule has 3 rings (SSSR count). The molecule has 2 amide bonds. The van der Waals surface area contributed by atoms with E-state index >= 15 is 0 Å². The van der Waals surface area contributed by atoms with Gasteiger partial charge in [0.2, 0.25) is 11.8 Å². The van der Waals surface area contributed by atoms with Crippen LogP contribution in [0.3, 0.4) is 0 Å². The number of unbranched alkanes of at least 4 members (excludes halogenated alkanes) is 1. The van der Waals surface area contributed by atoms with E-state index in [-0.39, 0.29) is 17.3 Å². The lowest BCUT2D eigenvalue weighted by Gasteiger charge is -2.33. The molecule has 220 valence electrons. The quantitative estimate of drug-likeness (QED) is 0.264. The van der Waals surface area contributed by atoms with E-state index in [1.165, 1.54) is 29.2 Å². The van der Waals surface area contributed by atoms with Crippen LogP contribution in [0.4, 0.5) is 10.1 Å². The summed E-state index contributed by atoms with van der Waals surface area (Å²) < 4.78 is 42.9. The second-order valence-electron chi connectivity index (χ2n) is 10.3. The Labute approximate surface area is 243 Å². The summed E-state index contributed by atoms with van der Waals surface area (Å²) in [6.45, 7) is 9.32. The molecular formula is C32H40FN3O4S. The number of nitrogens with zero attached hydrogens (tertiary/aromatic N) is 2. The first-order valence-corrected chi connectivity index (χ1v) is 15.4. The minimum Gasteiger partial charge on any atom is -0.354 e. The van der Waals surface area contributed by atoms with Crippen molar-refractivity contribution >= 4 is 27.5 Å². The summed E-state index contributed by atoms with van der Waals surface area (Å²) in [7, 11) is -4.15. The van der Waals surface area contributed by atoms with E-state index in [1.54, 1.807) is 44.2 Å². The van der Waals surface area contributed by atoms with Crippen LogP contribution in [0.15, 0.2) is 71.6 Å². The van der Waals surface area contributed by atoms with Gasteiger partial charge in [0.1, 0.15) is 18.4 Å². The van der Waals surface area contributed by atoms with Crippen molar-refractivity contribution in [3.05, 3.63) is 94.8 Å². The van der Waals surface area contributed by atoms with Gasteiger partial charge in [0, 0.05) is 13.1 Å². The van der Waals surface area contributed by atoms with Crippen molar-refractivity contribution in [3.63, 3.8) is 0 Å². The molecule has 41 heavy (non-hydrogen) atoms. The van der Waals surface area contributed by atoms with E-state index in [0.29, 0.717) is 29.8 Å². The van der Waals surface area contributed by atoms with Crippen molar-refractivity contribution in [1.29, 1.82) is 0 Å². The lowest BCUT2D eigenvalue weighted by Crippen LogP contribution is -2.52. The minimum absolute atomic E-state index is 0.0179. The maximum Gasteiger partial charge on any atom is 0.264 e. The third-order valence-corrected chi connectivity index (χ3v) is 8.78. The molecule has 1 unspecified atom stereocenters. The summed E-state index contributed by atoms with van der Waals surface area (Å²) in [5.41, 5.74) is 3.45. The molecule has 3 aromatic carbocycles. The van der Waals surface area contributed by atoms with Crippen molar-refractivity contribution in [2.45, 2.75) is 71.4 Å². The molecule has 0 aliphatic heterocycles. The molecule has 0 fully saturated rings. The van der Waals surface area contributed by atoms with E-state index < -0.39 is 34.3 Å². The minimum atomic E-state index is -4.15. The average molecular weight is 582 g/mol. The standard InChI is InChI=1S/C32H40FN3O4S/c1-6-8-19-34-32(38)29(7-2)35(21-26-13-15-27(33)16-14-26)31(37)22-36(30-20-24(4)9-12-25(30)5)41(39,40)28-17-10-23(3)11-18-28/h9-18,20,29H,6-8,19,21-22H2,1-5H3,(H,34,38). The van der Waals surface area contributed by atoms with Crippen molar-refractivity contribution in [2.24, 2.45) is 0 Å². The van der Waals surface area contributed by atoms with E-state index in [4.69, 9.17) is 0 Å². The Hall–Kier alpha value is -3.72. The molecule has 1 atom stereocenters. The highest BCUT2D eigenvalue weighted by Crippen LogP contribution is 2.29. The fourth-order valence-corrected chi connectivity index (χ4v) is 6.02. The lowest BCUT2D eigenvalue weighted by molar-refractivity contribution is -0.140. The predicted octanol–water partition coefficient (Wildman–Crippen LogP) is 5.67. The molecule has 9 heteroatoms. The van der Waals surface area contributed by atoms with Crippen LogP contribution in [0.2, 0.25) is 0 Å². The van der Waals surface area contributed by atoms with Gasteiger partial charge in [-0.3, -0.25) is 13.9 Å². The van der Waals surface area contributed by atoms with Crippen LogP contribution >= 0.6 is 0 Å². The molecule has 0 saturated carbocycles. The van der Waals surface area contributed by atoms with Crippen molar-refractivity contribution in [1.82, 2.24) is 10.2 Å². The summed E-state index contributed by atoms with van der Waals surface area (Å²) in [6, 6.07) is 16.8. The number of carbonyl (C=O) groups is 2. The van der Waals surface area contributed by atoms with Crippen LogP contribution in [0, 0.1) is 26.6 Å². The van der Waals surface area contributed by atoms with E-state index in [0.717, 1.165) is 28.3 Å². The summed E-state index contributed by atoms with van der Waals surface area (Å²) in [5, 5.41) is 2.90. The molecule has 0 radical (unpaired) electrons. The summed E-state index contributed by atoms with van der Waals surface area (Å²) in [6.07, 6.45) is 2.01. The smallest absolute Gasteiger partial charge is 0.264 e. The summed E-state index contributed by atoms with van der Waals surface area (Å²) in [4.78, 5) is 28.8. The Morgan fingerprint density at radius 2 is 1.54 bits per heavy atom. The molecule has 0 spiro atoms. The molecule has 0 heterocycles. The predicted molar refractivity (Wildman–Crippen MR) is 161 cm³/mol. The SMILES string of the molecule is CCCCNC(=O)C(CC)N(Cc1ccc(F)cc1)C(=O)CN(c1cc(C)ccc1C)S(=O)(=O)c1ccc(C)cc1. The third kappa shape index (κ3) is 8.16. The highest BCUT2D eigenvalue weighted by molar-refractivity contribution is 7.92. The van der Waals surface area contributed by atoms with Gasteiger partial charge in [-0.05, 0) is 80.6 Å². The zero-order valence-corrected chi connectivity index (χ0v) is 25.3. The Morgan fingerprint density at radius 1 is 0.902 bits per heavy atom. The number of aryl methyl sites for hydroxylation is 3. The van der Waals surface area contributed by atoms with Crippen molar-refractivity contribution in [2.75, 3.05) is 17.4 Å². The second kappa shape index (κ2) is 14.3. The number of sulfonamides is 1. The number of anilines is 1. The van der Waals surface area contributed by atoms with Gasteiger partial charge in [-0.15, -0.1) is 0 Å². The van der Waals surface area contributed by atoms with Gasteiger partial charge in [-0.1, -0.05) is 62.2 Å². The monoisotopic (exact) mass is 581 g/mol. The zero-order chi connectivity index (χ0) is 30.2. The first-order chi connectivity index (χ1) is 19.5. The lowest BCUT2D eigenvalue weighted by atomic mass is 10.1. The van der Waals surface area contributed by atoms with Gasteiger partial charge in [-0.2, -0.15) is 0 Å². The molecular weight excluding hydrogens is 541 g/mol. The topological polar surface area (TPSA) is 86.8 Å². The maximum atomic E-state index is 14.1. The molecule has 7 nitrogen and oxygen atoms in total. The fourth-order valence-electron chi connectivity index (χ4n) is 4.55. The fraction of sp³-hybridized carbons (Fsp3) is 0.375. The first kappa shape index (κ1) is 31.8. The van der Waals surface area contributed by atoms with Crippen molar-refractivity contribution < 1.29 is 22.4 Å². The molecule has 0 aliphatic carbocycles. The number of amides is 2. The molecule has 0 aliphatic rings. The highest BCUT2D eigenvalue weighted by atomic mass is 32.2. The molecule has 0 saturated heterocycles. The largest absolute Gasteiger partial charge is 0.354 e. The third-order valence-electron chi connectivity index (χ3n) is 7.00. The van der Waals surface area contributed by atoms with Gasteiger partial charge in [-0.25, -0.2) is 12.8 Å². The Balaban J connectivity index is 2.07. The van der Waals surface area contributed by atoms with Gasteiger partial charge in [0.05, 0.1) is 10.6 Å². The van der Waals surface area contributed by atoms with Crippen LogP contribution in [0.5, 0.6) is 0 Å². The zero-order valence-electron chi connectivity index (χ0n) is 24.5. The van der Waals surface area contributed by atoms with E-state index in [1.807, 2.05) is 32.9 Å². The van der Waals surface area contributed by atoms with Gasteiger partial charge in [0.25, 0.3) is 10.0 Å². The number of carbonyl (C=O) groups excluding carboxylic acids is 2. The molecule has 0 bridgehead atoms. The Kier molecular flexibility index (Phi) is 11.1. The molecule has 3 aromatic rings. The van der Waals surface area contributed by atoms with E-state index in [2.05, 4.69) is 5.32 Å². The van der Waals surface area contributed by atoms with Crippen LogP contribution in [-0.2, 0) is 26.2 Å². The summed E-state index contributed by atoms with van der Waals surface area (Å²) >= 11 is 0. The van der Waals surface area contributed by atoms with Crippen LogP contribution in [0.25, 0.3) is 0 Å². The number of nitrogens with one attached hydrogen (secondary N) is 1. The van der Waals surface area contributed by atoms with Crippen molar-refractivity contribution in [3.8, 4) is 0 Å². The highest BCUT2D eigenvalue weighted by Gasteiger charge is 2.34. The Bertz CT molecular complexity index is 1440. The number of hydrogen-bond acceptors (Lipinski definition) is 4. The van der Waals surface area contributed by atoms with Crippen LogP contribution in [-0.4, -0.2) is 44.3 Å². The van der Waals surface area contributed by atoms with Crippen LogP contribution < -0.4 is 9.62 Å². The average Bonchev–Trinajstić information content (AvgIpc) is 2.94. The first-order valence-electron chi connectivity index (χ1n) is 14.0. The normalized spacial score (nSPS) is 12.0. The molecule has 1 N–H and O–H groups in total. The number of rotatable bonds is 13. The molecule has 0 aromatic heterocycles. The number of benzene rings is 3. The number of halogens is 1. The van der Waals surface area contributed by atoms with Gasteiger partial charge in [0.15, 0.2) is 0 Å². The van der Waals surface area contributed by atoms with E-state index in [9.17, 15) is 22.4 Å². The Morgan fingerprint density at radius 3 is 2.15 bits per heavy atom.